The lowest BCUT2D eigenvalue weighted by molar-refractivity contribution is 0.250. The van der Waals surface area contributed by atoms with Gasteiger partial charge < -0.3 is 5.32 Å². The number of nitrogens with zero attached hydrogens (tertiary/aromatic N) is 2. The van der Waals surface area contributed by atoms with Gasteiger partial charge in [0.2, 0.25) is 5.13 Å². The van der Waals surface area contributed by atoms with Gasteiger partial charge in [-0.15, -0.1) is 0 Å². The molecule has 0 bridgehead atoms. The topological polar surface area (TPSA) is 66.9 Å². The van der Waals surface area contributed by atoms with E-state index in [4.69, 9.17) is 0 Å². The summed E-state index contributed by atoms with van der Waals surface area (Å²) in [5.74, 6) is 0.671. The van der Waals surface area contributed by atoms with E-state index in [-0.39, 0.29) is 12.1 Å². The molecule has 0 aliphatic carbocycles. The second-order valence-electron chi connectivity index (χ2n) is 2.90. The molecule has 2 N–H and O–H groups in total. The highest BCUT2D eigenvalue weighted by atomic mass is 32.1. The van der Waals surface area contributed by atoms with Crippen molar-refractivity contribution in [3.05, 3.63) is 5.82 Å². The van der Waals surface area contributed by atoms with Crippen LogP contribution in [0, 0.1) is 6.92 Å². The van der Waals surface area contributed by atoms with Gasteiger partial charge in [0.05, 0.1) is 0 Å². The van der Waals surface area contributed by atoms with E-state index in [2.05, 4.69) is 20.0 Å². The predicted molar refractivity (Wildman–Crippen MR) is 51.9 cm³/mol. The van der Waals surface area contributed by atoms with Crippen molar-refractivity contribution >= 4 is 22.7 Å². The van der Waals surface area contributed by atoms with Gasteiger partial charge in [-0.05, 0) is 20.8 Å². The predicted octanol–water partition coefficient (Wildman–Crippen LogP) is 1.38. The minimum Gasteiger partial charge on any atom is -0.336 e. The molecule has 0 radical (unpaired) electrons. The number of urea groups is 1. The summed E-state index contributed by atoms with van der Waals surface area (Å²) in [6.07, 6.45) is 0. The molecule has 1 aromatic rings. The summed E-state index contributed by atoms with van der Waals surface area (Å²) >= 11 is 1.17. The zero-order valence-corrected chi connectivity index (χ0v) is 8.60. The van der Waals surface area contributed by atoms with Crippen molar-refractivity contribution < 1.29 is 4.79 Å². The Morgan fingerprint density at radius 3 is 2.69 bits per heavy atom. The summed E-state index contributed by atoms with van der Waals surface area (Å²) in [5.41, 5.74) is 0. The van der Waals surface area contributed by atoms with Crippen molar-refractivity contribution in [2.75, 3.05) is 5.32 Å². The van der Waals surface area contributed by atoms with E-state index in [1.807, 2.05) is 13.8 Å². The fraction of sp³-hybridized carbons (Fsp3) is 0.571. The molecule has 6 heteroatoms. The van der Waals surface area contributed by atoms with Crippen molar-refractivity contribution in [1.29, 1.82) is 0 Å². The minimum absolute atomic E-state index is 0.119. The molecule has 0 aromatic carbocycles. The lowest BCUT2D eigenvalue weighted by Gasteiger charge is -2.07. The number of amides is 2. The van der Waals surface area contributed by atoms with Gasteiger partial charge in [-0.3, -0.25) is 5.32 Å². The van der Waals surface area contributed by atoms with Crippen LogP contribution in [0.25, 0.3) is 0 Å². The maximum Gasteiger partial charge on any atom is 0.321 e. The normalized spacial score (nSPS) is 10.2. The molecule has 0 atom stereocenters. The first-order valence-electron chi connectivity index (χ1n) is 3.96. The summed E-state index contributed by atoms with van der Waals surface area (Å²) in [6.45, 7) is 5.57. The van der Waals surface area contributed by atoms with E-state index < -0.39 is 0 Å². The fourth-order valence-corrected chi connectivity index (χ4v) is 1.31. The smallest absolute Gasteiger partial charge is 0.321 e. The largest absolute Gasteiger partial charge is 0.336 e. The Labute approximate surface area is 80.7 Å². The Balaban J connectivity index is 2.45. The molecule has 1 rings (SSSR count). The maximum atomic E-state index is 11.1. The molecule has 1 aromatic heterocycles. The third-order valence-electron chi connectivity index (χ3n) is 1.17. The highest BCUT2D eigenvalue weighted by Crippen LogP contribution is 2.09. The van der Waals surface area contributed by atoms with Gasteiger partial charge in [-0.25, -0.2) is 9.78 Å². The summed E-state index contributed by atoms with van der Waals surface area (Å²) in [4.78, 5) is 15.1. The standard InChI is InChI=1S/C7H12N4OS/c1-4(2)8-6(12)10-7-9-5(3)11-13-7/h4H,1-3H3,(H2,8,9,10,11,12). The quantitative estimate of drug-likeness (QED) is 0.757. The number of carbonyl (C=O) groups is 1. The van der Waals surface area contributed by atoms with Crippen LogP contribution < -0.4 is 10.6 Å². The Kier molecular flexibility index (Phi) is 3.18. The summed E-state index contributed by atoms with van der Waals surface area (Å²) in [6, 6.07) is -0.125. The molecule has 13 heavy (non-hydrogen) atoms. The highest BCUT2D eigenvalue weighted by molar-refractivity contribution is 7.09. The molecular formula is C7H12N4OS. The van der Waals surface area contributed by atoms with E-state index in [0.717, 1.165) is 0 Å². The molecule has 0 unspecified atom stereocenters. The maximum absolute atomic E-state index is 11.1. The lowest BCUT2D eigenvalue weighted by Crippen LogP contribution is -2.34. The lowest BCUT2D eigenvalue weighted by atomic mass is 10.4. The number of rotatable bonds is 2. The number of carbonyl (C=O) groups excluding carboxylic acids is 1. The minimum atomic E-state index is -0.244. The monoisotopic (exact) mass is 200 g/mol. The molecule has 2 amide bonds. The van der Waals surface area contributed by atoms with E-state index in [1.54, 1.807) is 6.92 Å². The average Bonchev–Trinajstić information content (AvgIpc) is 2.33. The van der Waals surface area contributed by atoms with Crippen LogP contribution in [0.1, 0.15) is 19.7 Å². The summed E-state index contributed by atoms with van der Waals surface area (Å²) in [5, 5.41) is 5.80. The number of hydrogen-bond acceptors (Lipinski definition) is 4. The number of anilines is 1. The van der Waals surface area contributed by atoms with Gasteiger partial charge in [0.15, 0.2) is 0 Å². The van der Waals surface area contributed by atoms with Crippen LogP contribution >= 0.6 is 11.5 Å². The molecular weight excluding hydrogens is 188 g/mol. The zero-order valence-electron chi connectivity index (χ0n) is 7.79. The Morgan fingerprint density at radius 1 is 1.54 bits per heavy atom. The van der Waals surface area contributed by atoms with Crippen molar-refractivity contribution in [2.24, 2.45) is 0 Å². The van der Waals surface area contributed by atoms with Crippen LogP contribution in [0.5, 0.6) is 0 Å². The Bertz CT molecular complexity index is 296. The molecule has 0 saturated heterocycles. The zero-order chi connectivity index (χ0) is 9.84. The Hall–Kier alpha value is -1.17. The van der Waals surface area contributed by atoms with Crippen LogP contribution in [0.2, 0.25) is 0 Å². The van der Waals surface area contributed by atoms with Crippen molar-refractivity contribution in [1.82, 2.24) is 14.7 Å². The van der Waals surface area contributed by atoms with Gasteiger partial charge in [0.25, 0.3) is 0 Å². The molecule has 0 aliphatic rings. The second-order valence-corrected chi connectivity index (χ2v) is 3.65. The van der Waals surface area contributed by atoms with Crippen LogP contribution in [-0.2, 0) is 0 Å². The number of nitrogens with one attached hydrogen (secondary N) is 2. The van der Waals surface area contributed by atoms with Gasteiger partial charge in [0.1, 0.15) is 5.82 Å². The van der Waals surface area contributed by atoms with E-state index in [9.17, 15) is 4.79 Å². The van der Waals surface area contributed by atoms with Crippen LogP contribution in [0.4, 0.5) is 9.93 Å². The first-order chi connectivity index (χ1) is 6.08. The number of aromatic nitrogens is 2. The number of aryl methyl sites for hydroxylation is 1. The summed E-state index contributed by atoms with van der Waals surface area (Å²) in [7, 11) is 0. The third kappa shape index (κ3) is 3.37. The van der Waals surface area contributed by atoms with Gasteiger partial charge in [-0.2, -0.15) is 4.37 Å². The summed E-state index contributed by atoms with van der Waals surface area (Å²) < 4.78 is 3.94. The van der Waals surface area contributed by atoms with E-state index >= 15 is 0 Å². The molecule has 5 nitrogen and oxygen atoms in total. The SMILES string of the molecule is Cc1nsc(NC(=O)NC(C)C)n1. The average molecular weight is 200 g/mol. The van der Waals surface area contributed by atoms with Crippen LogP contribution in [0.3, 0.4) is 0 Å². The molecule has 0 saturated carbocycles. The van der Waals surface area contributed by atoms with E-state index in [0.29, 0.717) is 11.0 Å². The molecule has 0 spiro atoms. The van der Waals surface area contributed by atoms with Crippen molar-refractivity contribution in [3.63, 3.8) is 0 Å². The first-order valence-corrected chi connectivity index (χ1v) is 4.73. The second kappa shape index (κ2) is 4.18. The highest BCUT2D eigenvalue weighted by Gasteiger charge is 2.05. The van der Waals surface area contributed by atoms with Crippen molar-refractivity contribution in [2.45, 2.75) is 26.8 Å². The van der Waals surface area contributed by atoms with Crippen LogP contribution in [0.15, 0.2) is 0 Å². The number of hydrogen-bond donors (Lipinski definition) is 2. The van der Waals surface area contributed by atoms with Gasteiger partial charge in [-0.1, -0.05) is 0 Å². The molecule has 0 fully saturated rings. The van der Waals surface area contributed by atoms with E-state index in [1.165, 1.54) is 11.5 Å². The Morgan fingerprint density at radius 2 is 2.23 bits per heavy atom. The molecule has 0 aliphatic heterocycles. The van der Waals surface area contributed by atoms with Gasteiger partial charge in [0, 0.05) is 17.6 Å². The molecule has 72 valence electrons. The van der Waals surface area contributed by atoms with Gasteiger partial charge >= 0.3 is 6.03 Å². The first kappa shape index (κ1) is 9.91. The third-order valence-corrected chi connectivity index (χ3v) is 1.89. The van der Waals surface area contributed by atoms with Crippen LogP contribution in [-0.4, -0.2) is 21.4 Å². The molecule has 1 heterocycles. The van der Waals surface area contributed by atoms with Crippen molar-refractivity contribution in [3.8, 4) is 0 Å². The fourth-order valence-electron chi connectivity index (χ4n) is 0.743.